The summed E-state index contributed by atoms with van der Waals surface area (Å²) in [5.74, 6) is 0.724. The van der Waals surface area contributed by atoms with Gasteiger partial charge in [-0.2, -0.15) is 12.6 Å². The van der Waals surface area contributed by atoms with Gasteiger partial charge in [-0.05, 0) is 85.0 Å². The zero-order valence-electron chi connectivity index (χ0n) is 18.6. The van der Waals surface area contributed by atoms with Crippen molar-refractivity contribution in [3.8, 4) is 11.1 Å². The standard InChI is InChI=1S/C28H24N4S/c1-18-13-19(2)32-28(31-18)27(33)24-6-3-5-22(17-24)25-16-21(14-20-8-11-29-12-9-20)15-23-7-4-10-30-26(23)25/h3-13,15-17,27,33H,14H2,1-2H3. The van der Waals surface area contributed by atoms with Crippen LogP contribution in [0, 0.1) is 13.8 Å². The molecule has 0 radical (unpaired) electrons. The van der Waals surface area contributed by atoms with Crippen LogP contribution in [0.2, 0.25) is 0 Å². The second-order valence-electron chi connectivity index (χ2n) is 8.29. The van der Waals surface area contributed by atoms with Crippen LogP contribution in [0.3, 0.4) is 0 Å². The molecule has 5 aromatic rings. The normalized spacial score (nSPS) is 12.1. The van der Waals surface area contributed by atoms with Crippen LogP contribution in [0.1, 0.15) is 39.2 Å². The molecular weight excluding hydrogens is 424 g/mol. The molecular formula is C28H24N4S. The van der Waals surface area contributed by atoms with E-state index in [0.717, 1.165) is 51.2 Å². The van der Waals surface area contributed by atoms with Crippen LogP contribution in [0.25, 0.3) is 22.0 Å². The van der Waals surface area contributed by atoms with Crippen LogP contribution in [0.4, 0.5) is 0 Å². The number of hydrogen-bond acceptors (Lipinski definition) is 5. The van der Waals surface area contributed by atoms with E-state index in [9.17, 15) is 0 Å². The first-order valence-electron chi connectivity index (χ1n) is 10.9. The predicted molar refractivity (Wildman–Crippen MR) is 137 cm³/mol. The summed E-state index contributed by atoms with van der Waals surface area (Å²) in [4.78, 5) is 18.1. The Morgan fingerprint density at radius 1 is 0.788 bits per heavy atom. The van der Waals surface area contributed by atoms with Gasteiger partial charge in [-0.1, -0.05) is 24.3 Å². The molecule has 162 valence electrons. The molecule has 0 aliphatic carbocycles. The molecule has 5 rings (SSSR count). The third kappa shape index (κ3) is 4.64. The first-order chi connectivity index (χ1) is 16.1. The van der Waals surface area contributed by atoms with Crippen molar-refractivity contribution in [3.63, 3.8) is 0 Å². The van der Waals surface area contributed by atoms with Crippen LogP contribution < -0.4 is 0 Å². The molecule has 1 atom stereocenters. The minimum absolute atomic E-state index is 0.206. The van der Waals surface area contributed by atoms with Gasteiger partial charge in [0.05, 0.1) is 10.8 Å². The van der Waals surface area contributed by atoms with Crippen LogP contribution >= 0.6 is 12.6 Å². The molecule has 0 spiro atoms. The monoisotopic (exact) mass is 448 g/mol. The number of aromatic nitrogens is 4. The Morgan fingerprint density at radius 3 is 2.36 bits per heavy atom. The topological polar surface area (TPSA) is 51.6 Å². The van der Waals surface area contributed by atoms with E-state index in [1.165, 1.54) is 11.1 Å². The number of rotatable bonds is 5. The first-order valence-corrected chi connectivity index (χ1v) is 11.5. The van der Waals surface area contributed by atoms with Crippen molar-refractivity contribution < 1.29 is 0 Å². The average molecular weight is 449 g/mol. The highest BCUT2D eigenvalue weighted by Crippen LogP contribution is 2.33. The van der Waals surface area contributed by atoms with Crippen molar-refractivity contribution in [1.29, 1.82) is 0 Å². The lowest BCUT2D eigenvalue weighted by Gasteiger charge is -2.14. The Balaban J connectivity index is 1.59. The maximum atomic E-state index is 4.88. The first kappa shape index (κ1) is 21.3. The number of hydrogen-bond donors (Lipinski definition) is 1. The van der Waals surface area contributed by atoms with Gasteiger partial charge < -0.3 is 0 Å². The molecule has 3 heterocycles. The largest absolute Gasteiger partial charge is 0.265 e. The van der Waals surface area contributed by atoms with E-state index in [2.05, 4.69) is 69.5 Å². The molecule has 2 aromatic carbocycles. The van der Waals surface area contributed by atoms with Gasteiger partial charge in [0.25, 0.3) is 0 Å². The maximum Gasteiger partial charge on any atom is 0.145 e. The number of fused-ring (bicyclic) bond motifs is 1. The zero-order valence-corrected chi connectivity index (χ0v) is 19.5. The smallest absolute Gasteiger partial charge is 0.145 e. The lowest BCUT2D eigenvalue weighted by molar-refractivity contribution is 0.909. The number of benzene rings is 2. The number of pyridine rings is 2. The molecule has 0 bridgehead atoms. The average Bonchev–Trinajstić information content (AvgIpc) is 2.83. The fraction of sp³-hybridized carbons (Fsp3) is 0.143. The van der Waals surface area contributed by atoms with Crippen molar-refractivity contribution in [2.45, 2.75) is 25.5 Å². The summed E-state index contributed by atoms with van der Waals surface area (Å²) < 4.78 is 0. The van der Waals surface area contributed by atoms with Crippen LogP contribution in [-0.2, 0) is 6.42 Å². The van der Waals surface area contributed by atoms with Gasteiger partial charge in [-0.15, -0.1) is 0 Å². The highest BCUT2D eigenvalue weighted by Gasteiger charge is 2.16. The Labute approximate surface area is 199 Å². The molecule has 0 aliphatic heterocycles. The summed E-state index contributed by atoms with van der Waals surface area (Å²) >= 11 is 4.88. The van der Waals surface area contributed by atoms with Gasteiger partial charge in [0.1, 0.15) is 5.82 Å². The molecule has 33 heavy (non-hydrogen) atoms. The minimum atomic E-state index is -0.206. The van der Waals surface area contributed by atoms with Crippen molar-refractivity contribution in [1.82, 2.24) is 19.9 Å². The molecule has 3 aromatic heterocycles. The van der Waals surface area contributed by atoms with Crippen molar-refractivity contribution >= 4 is 23.5 Å². The van der Waals surface area contributed by atoms with E-state index in [4.69, 9.17) is 17.6 Å². The molecule has 0 saturated heterocycles. The quantitative estimate of drug-likeness (QED) is 0.320. The van der Waals surface area contributed by atoms with E-state index in [1.54, 1.807) is 0 Å². The van der Waals surface area contributed by atoms with Gasteiger partial charge in [0.15, 0.2) is 0 Å². The van der Waals surface area contributed by atoms with Crippen molar-refractivity contribution in [2.24, 2.45) is 0 Å². The molecule has 0 aliphatic rings. The Bertz CT molecular complexity index is 1410. The van der Waals surface area contributed by atoms with Crippen molar-refractivity contribution in [2.75, 3.05) is 0 Å². The molecule has 0 saturated carbocycles. The van der Waals surface area contributed by atoms with Crippen LogP contribution in [0.5, 0.6) is 0 Å². The van der Waals surface area contributed by atoms with Gasteiger partial charge in [-0.3, -0.25) is 9.97 Å². The summed E-state index contributed by atoms with van der Waals surface area (Å²) in [5, 5.41) is 0.923. The molecule has 0 N–H and O–H groups in total. The SMILES string of the molecule is Cc1cc(C)nc(C(S)c2cccc(-c3cc(Cc4ccncc4)cc4cccnc34)c2)n1. The molecule has 1 unspecified atom stereocenters. The third-order valence-corrected chi connectivity index (χ3v) is 6.21. The number of thiol groups is 1. The van der Waals surface area contributed by atoms with E-state index in [1.807, 2.05) is 44.6 Å². The second kappa shape index (κ2) is 9.12. The lowest BCUT2D eigenvalue weighted by atomic mass is 9.94. The summed E-state index contributed by atoms with van der Waals surface area (Å²) in [6.07, 6.45) is 6.36. The van der Waals surface area contributed by atoms with Gasteiger partial charge >= 0.3 is 0 Å². The Hall–Kier alpha value is -3.57. The van der Waals surface area contributed by atoms with Crippen LogP contribution in [0.15, 0.2) is 85.3 Å². The maximum absolute atomic E-state index is 4.88. The number of nitrogens with zero attached hydrogens (tertiary/aromatic N) is 4. The van der Waals surface area contributed by atoms with E-state index in [0.29, 0.717) is 0 Å². The van der Waals surface area contributed by atoms with E-state index >= 15 is 0 Å². The summed E-state index contributed by atoms with van der Waals surface area (Å²) in [7, 11) is 0. The Kier molecular flexibility index (Phi) is 5.88. The summed E-state index contributed by atoms with van der Waals surface area (Å²) in [6, 6.07) is 23.1. The van der Waals surface area contributed by atoms with Gasteiger partial charge in [-0.25, -0.2) is 9.97 Å². The van der Waals surface area contributed by atoms with Crippen molar-refractivity contribution in [3.05, 3.63) is 119 Å². The summed E-state index contributed by atoms with van der Waals surface area (Å²) in [6.45, 7) is 3.97. The molecule has 0 amide bonds. The van der Waals surface area contributed by atoms with E-state index < -0.39 is 0 Å². The fourth-order valence-electron chi connectivity index (χ4n) is 4.21. The van der Waals surface area contributed by atoms with Gasteiger partial charge in [0.2, 0.25) is 0 Å². The third-order valence-electron chi connectivity index (χ3n) is 5.68. The van der Waals surface area contributed by atoms with Crippen LogP contribution in [-0.4, -0.2) is 19.9 Å². The highest BCUT2D eigenvalue weighted by molar-refractivity contribution is 7.80. The lowest BCUT2D eigenvalue weighted by Crippen LogP contribution is -2.03. The predicted octanol–water partition coefficient (Wildman–Crippen LogP) is 6.31. The highest BCUT2D eigenvalue weighted by atomic mass is 32.1. The molecule has 0 fully saturated rings. The molecule has 4 nitrogen and oxygen atoms in total. The zero-order chi connectivity index (χ0) is 22.8. The van der Waals surface area contributed by atoms with E-state index in [-0.39, 0.29) is 5.25 Å². The second-order valence-corrected chi connectivity index (χ2v) is 8.80. The van der Waals surface area contributed by atoms with Gasteiger partial charge in [0, 0.05) is 40.9 Å². The number of aryl methyl sites for hydroxylation is 2. The molecule has 5 heteroatoms. The summed E-state index contributed by atoms with van der Waals surface area (Å²) in [5.41, 5.74) is 8.64. The fourth-order valence-corrected chi connectivity index (χ4v) is 4.49. The minimum Gasteiger partial charge on any atom is -0.265 e. The Morgan fingerprint density at radius 2 is 1.58 bits per heavy atom.